The summed E-state index contributed by atoms with van der Waals surface area (Å²) < 4.78 is 5.27. The van der Waals surface area contributed by atoms with Crippen molar-refractivity contribution in [1.82, 2.24) is 0 Å². The Balaban J connectivity index is 0.00000127. The van der Waals surface area contributed by atoms with Gasteiger partial charge in [-0.25, -0.2) is 0 Å². The SMILES string of the molecule is CC.CC(C)C1C(C2CCOC2=O)CC(C)C1C(C)(C)C(C)C. The average molecular weight is 325 g/mol. The molecule has 1 aliphatic carbocycles. The zero-order valence-electron chi connectivity index (χ0n) is 17.0. The van der Waals surface area contributed by atoms with Crippen molar-refractivity contribution in [3.05, 3.63) is 0 Å². The van der Waals surface area contributed by atoms with Crippen molar-refractivity contribution in [2.45, 2.75) is 75.2 Å². The molecule has 2 fully saturated rings. The minimum Gasteiger partial charge on any atom is -0.465 e. The third kappa shape index (κ3) is 3.94. The van der Waals surface area contributed by atoms with E-state index >= 15 is 0 Å². The van der Waals surface area contributed by atoms with E-state index in [4.69, 9.17) is 4.74 Å². The van der Waals surface area contributed by atoms with E-state index in [-0.39, 0.29) is 11.9 Å². The Bertz CT molecular complexity index is 383. The second-order valence-corrected chi connectivity index (χ2v) is 8.76. The summed E-state index contributed by atoms with van der Waals surface area (Å²) in [5.74, 6) is 4.11. The fraction of sp³-hybridized carbons (Fsp3) is 0.952. The maximum atomic E-state index is 12.1. The highest BCUT2D eigenvalue weighted by atomic mass is 16.5. The van der Waals surface area contributed by atoms with Crippen LogP contribution in [0.15, 0.2) is 0 Å². The molecule has 2 heteroatoms. The molecule has 136 valence electrons. The van der Waals surface area contributed by atoms with Gasteiger partial charge >= 0.3 is 5.97 Å². The number of ether oxygens (including phenoxy) is 1. The molecule has 1 saturated carbocycles. The van der Waals surface area contributed by atoms with Crippen molar-refractivity contribution in [1.29, 1.82) is 0 Å². The summed E-state index contributed by atoms with van der Waals surface area (Å²) in [4.78, 5) is 12.1. The van der Waals surface area contributed by atoms with E-state index in [1.807, 2.05) is 13.8 Å². The zero-order chi connectivity index (χ0) is 17.9. The van der Waals surface area contributed by atoms with Crippen molar-refractivity contribution in [2.24, 2.45) is 46.8 Å². The Hall–Kier alpha value is -0.530. The lowest BCUT2D eigenvalue weighted by atomic mass is 9.61. The lowest BCUT2D eigenvalue weighted by molar-refractivity contribution is -0.143. The Morgan fingerprint density at radius 2 is 1.70 bits per heavy atom. The van der Waals surface area contributed by atoms with Gasteiger partial charge in [-0.05, 0) is 53.8 Å². The first kappa shape index (κ1) is 20.5. The minimum absolute atomic E-state index is 0.0702. The highest BCUT2D eigenvalue weighted by molar-refractivity contribution is 5.74. The van der Waals surface area contributed by atoms with Gasteiger partial charge in [0.05, 0.1) is 12.5 Å². The van der Waals surface area contributed by atoms with E-state index < -0.39 is 0 Å². The molecule has 0 amide bonds. The van der Waals surface area contributed by atoms with Gasteiger partial charge in [0.25, 0.3) is 0 Å². The molecule has 5 unspecified atom stereocenters. The third-order valence-corrected chi connectivity index (χ3v) is 6.78. The molecule has 2 aliphatic rings. The van der Waals surface area contributed by atoms with E-state index in [2.05, 4.69) is 48.5 Å². The third-order valence-electron chi connectivity index (χ3n) is 6.78. The summed E-state index contributed by atoms with van der Waals surface area (Å²) >= 11 is 0. The van der Waals surface area contributed by atoms with Crippen LogP contribution in [0.3, 0.4) is 0 Å². The van der Waals surface area contributed by atoms with E-state index in [0.29, 0.717) is 47.5 Å². The van der Waals surface area contributed by atoms with Crippen molar-refractivity contribution in [3.63, 3.8) is 0 Å². The summed E-state index contributed by atoms with van der Waals surface area (Å²) in [6.07, 6.45) is 2.14. The Labute approximate surface area is 144 Å². The van der Waals surface area contributed by atoms with E-state index in [9.17, 15) is 4.79 Å². The molecule has 0 N–H and O–H groups in total. The number of hydrogen-bond donors (Lipinski definition) is 0. The predicted octanol–water partition coefficient (Wildman–Crippen LogP) is 5.80. The van der Waals surface area contributed by atoms with Gasteiger partial charge in [0, 0.05) is 0 Å². The van der Waals surface area contributed by atoms with Crippen LogP contribution in [0.1, 0.15) is 75.2 Å². The lowest BCUT2D eigenvalue weighted by Crippen LogP contribution is -2.39. The first-order valence-corrected chi connectivity index (χ1v) is 9.84. The monoisotopic (exact) mass is 324 g/mol. The summed E-state index contributed by atoms with van der Waals surface area (Å²) in [7, 11) is 0. The standard InChI is InChI=1S/C19H34O2.C2H6/c1-11(2)16-15(14-8-9-21-18(14)20)10-13(5)17(16)19(6,7)12(3)4;1-2/h11-17H,8-10H2,1-7H3;1-2H3. The minimum atomic E-state index is 0.0702. The van der Waals surface area contributed by atoms with Crippen LogP contribution in [-0.2, 0) is 9.53 Å². The number of carbonyl (C=O) groups is 1. The average Bonchev–Trinajstić information content (AvgIpc) is 3.04. The number of carbonyl (C=O) groups excluding carboxylic acids is 1. The fourth-order valence-corrected chi connectivity index (χ4v) is 5.23. The molecule has 0 radical (unpaired) electrons. The Kier molecular flexibility index (Phi) is 7.16. The van der Waals surface area contributed by atoms with E-state index in [1.54, 1.807) is 0 Å². The molecular weight excluding hydrogens is 284 g/mol. The van der Waals surface area contributed by atoms with E-state index in [0.717, 1.165) is 6.42 Å². The Morgan fingerprint density at radius 1 is 1.13 bits per heavy atom. The van der Waals surface area contributed by atoms with Crippen LogP contribution in [0, 0.1) is 46.8 Å². The van der Waals surface area contributed by atoms with Crippen molar-refractivity contribution < 1.29 is 9.53 Å². The van der Waals surface area contributed by atoms with E-state index in [1.165, 1.54) is 6.42 Å². The van der Waals surface area contributed by atoms with Gasteiger partial charge in [-0.15, -0.1) is 0 Å². The van der Waals surface area contributed by atoms with Gasteiger partial charge in [0.15, 0.2) is 0 Å². The molecule has 0 aromatic carbocycles. The fourth-order valence-electron chi connectivity index (χ4n) is 5.23. The van der Waals surface area contributed by atoms with Crippen LogP contribution >= 0.6 is 0 Å². The first-order chi connectivity index (χ1) is 10.7. The molecule has 1 heterocycles. The van der Waals surface area contributed by atoms with Crippen LogP contribution in [0.5, 0.6) is 0 Å². The van der Waals surface area contributed by atoms with Crippen LogP contribution in [0.2, 0.25) is 0 Å². The van der Waals surface area contributed by atoms with Gasteiger partial charge in [-0.3, -0.25) is 4.79 Å². The number of rotatable bonds is 4. The van der Waals surface area contributed by atoms with Crippen molar-refractivity contribution in [2.75, 3.05) is 6.61 Å². The molecule has 2 nitrogen and oxygen atoms in total. The Morgan fingerprint density at radius 3 is 2.09 bits per heavy atom. The topological polar surface area (TPSA) is 26.3 Å². The largest absolute Gasteiger partial charge is 0.465 e. The van der Waals surface area contributed by atoms with Gasteiger partial charge < -0.3 is 4.74 Å². The van der Waals surface area contributed by atoms with Gasteiger partial charge in [0.1, 0.15) is 0 Å². The van der Waals surface area contributed by atoms with Gasteiger partial charge in [-0.2, -0.15) is 0 Å². The second kappa shape index (κ2) is 8.03. The second-order valence-electron chi connectivity index (χ2n) is 8.76. The first-order valence-electron chi connectivity index (χ1n) is 9.84. The molecule has 5 atom stereocenters. The normalized spacial score (nSPS) is 34.6. The molecular formula is C21H40O2. The highest BCUT2D eigenvalue weighted by Gasteiger charge is 2.53. The summed E-state index contributed by atoms with van der Waals surface area (Å²) in [5, 5.41) is 0. The summed E-state index contributed by atoms with van der Waals surface area (Å²) in [5.41, 5.74) is 0.325. The molecule has 0 bridgehead atoms. The molecule has 0 aromatic rings. The predicted molar refractivity (Wildman–Crippen MR) is 98.1 cm³/mol. The molecule has 23 heavy (non-hydrogen) atoms. The van der Waals surface area contributed by atoms with Crippen LogP contribution in [0.25, 0.3) is 0 Å². The van der Waals surface area contributed by atoms with Gasteiger partial charge in [0.2, 0.25) is 0 Å². The number of cyclic esters (lactones) is 1. The zero-order valence-corrected chi connectivity index (χ0v) is 17.0. The lowest BCUT2D eigenvalue weighted by Gasteiger charge is -2.44. The molecule has 0 spiro atoms. The number of esters is 1. The smallest absolute Gasteiger partial charge is 0.309 e. The highest BCUT2D eigenvalue weighted by Crippen LogP contribution is 2.57. The summed E-state index contributed by atoms with van der Waals surface area (Å²) in [6, 6.07) is 0. The molecule has 1 saturated heterocycles. The maximum Gasteiger partial charge on any atom is 0.309 e. The quantitative estimate of drug-likeness (QED) is 0.611. The number of hydrogen-bond acceptors (Lipinski definition) is 2. The van der Waals surface area contributed by atoms with Crippen LogP contribution < -0.4 is 0 Å². The van der Waals surface area contributed by atoms with Gasteiger partial charge in [-0.1, -0.05) is 62.3 Å². The molecule has 2 rings (SSSR count). The van der Waals surface area contributed by atoms with Crippen molar-refractivity contribution >= 4 is 5.97 Å². The van der Waals surface area contributed by atoms with Crippen LogP contribution in [0.4, 0.5) is 0 Å². The van der Waals surface area contributed by atoms with Crippen molar-refractivity contribution in [3.8, 4) is 0 Å². The summed E-state index contributed by atoms with van der Waals surface area (Å²) in [6.45, 7) is 21.3. The molecule has 0 aromatic heterocycles. The maximum absolute atomic E-state index is 12.1. The molecule has 1 aliphatic heterocycles. The van der Waals surface area contributed by atoms with Crippen LogP contribution in [-0.4, -0.2) is 12.6 Å².